The molecule has 0 bridgehead atoms. The number of benzene rings is 1. The third kappa shape index (κ3) is 5.15. The second-order valence-electron chi connectivity index (χ2n) is 4.65. The van der Waals surface area contributed by atoms with Gasteiger partial charge < -0.3 is 22.8 Å². The summed E-state index contributed by atoms with van der Waals surface area (Å²) in [5.74, 6) is -9.82. The number of ether oxygens (including phenoxy) is 2. The fourth-order valence-electron chi connectivity index (χ4n) is 1.82. The lowest BCUT2D eigenvalue weighted by Gasteiger charge is -2.23. The van der Waals surface area contributed by atoms with Gasteiger partial charge in [0.2, 0.25) is 0 Å². The first-order valence-electron chi connectivity index (χ1n) is 7.09. The molecule has 0 radical (unpaired) electrons. The Morgan fingerprint density at radius 2 is 1.52 bits per heavy atom. The lowest BCUT2D eigenvalue weighted by atomic mass is 10.1. The van der Waals surface area contributed by atoms with Crippen LogP contribution in [0.4, 0.5) is 23.2 Å². The molecule has 0 unspecified atom stereocenters. The average Bonchev–Trinajstić information content (AvgIpc) is 2.67. The smallest absolute Gasteiger partial charge is 0.459 e. The fraction of sp³-hybridized carbons (Fsp3) is 0.462. The van der Waals surface area contributed by atoms with E-state index in [0.29, 0.717) is 0 Å². The Morgan fingerprint density at radius 1 is 1.00 bits per heavy atom. The van der Waals surface area contributed by atoms with Gasteiger partial charge in [-0.2, -0.15) is 0 Å². The molecule has 150 valence electrons. The molecule has 1 rings (SSSR count). The van der Waals surface area contributed by atoms with Crippen LogP contribution >= 0.6 is 0 Å². The average molecular weight is 413 g/mol. The van der Waals surface area contributed by atoms with Crippen LogP contribution in [0.3, 0.4) is 0 Å². The van der Waals surface area contributed by atoms with E-state index in [0.717, 1.165) is 0 Å². The summed E-state index contributed by atoms with van der Waals surface area (Å²) in [6.45, 7) is -0.748. The van der Waals surface area contributed by atoms with Crippen molar-refractivity contribution in [3.05, 3.63) is 39.3 Å². The van der Waals surface area contributed by atoms with E-state index in [4.69, 9.17) is 23.5 Å². The maximum atomic E-state index is 13.8. The zero-order valence-corrected chi connectivity index (χ0v) is 15.4. The largest absolute Gasteiger partial charge is 0.527 e. The molecule has 9 nitrogen and oxygen atoms in total. The molecule has 0 spiro atoms. The van der Waals surface area contributed by atoms with Crippen LogP contribution in [0.25, 0.3) is 10.4 Å². The molecule has 0 heterocycles. The van der Waals surface area contributed by atoms with Gasteiger partial charge in [0.15, 0.2) is 23.3 Å². The molecule has 0 aliphatic heterocycles. The molecule has 0 N–H and O–H groups in total. The highest BCUT2D eigenvalue weighted by atomic mass is 28.4. The molecule has 0 saturated carbocycles. The standard InChI is InChI=1S/C13H15F4N3O6Si/c1-22-27(23-2,24-3)6-25-4-5-26-13(21)7-8(14)10(16)12(19-20-18)11(17)9(7)15/h4-6H2,1-3H3. The molecule has 1 aromatic carbocycles. The summed E-state index contributed by atoms with van der Waals surface area (Å²) < 4.78 is 79.7. The highest BCUT2D eigenvalue weighted by Crippen LogP contribution is 2.30. The van der Waals surface area contributed by atoms with E-state index in [1.165, 1.54) is 21.3 Å². The van der Waals surface area contributed by atoms with Crippen LogP contribution in [0.2, 0.25) is 0 Å². The van der Waals surface area contributed by atoms with Crippen LogP contribution in [-0.2, 0) is 22.8 Å². The van der Waals surface area contributed by atoms with Crippen LogP contribution in [0, 0.1) is 23.3 Å². The van der Waals surface area contributed by atoms with Crippen molar-refractivity contribution in [3.63, 3.8) is 0 Å². The second kappa shape index (κ2) is 10.2. The zero-order valence-electron chi connectivity index (χ0n) is 14.4. The van der Waals surface area contributed by atoms with Crippen LogP contribution in [0.5, 0.6) is 0 Å². The van der Waals surface area contributed by atoms with E-state index in [1.54, 1.807) is 0 Å². The van der Waals surface area contributed by atoms with Gasteiger partial charge >= 0.3 is 14.8 Å². The third-order valence-corrected chi connectivity index (χ3v) is 5.69. The predicted molar refractivity (Wildman–Crippen MR) is 83.0 cm³/mol. The molecule has 0 aliphatic rings. The van der Waals surface area contributed by atoms with Crippen LogP contribution < -0.4 is 0 Å². The van der Waals surface area contributed by atoms with Crippen molar-refractivity contribution in [3.8, 4) is 0 Å². The highest BCUT2D eigenvalue weighted by Gasteiger charge is 2.38. The third-order valence-electron chi connectivity index (χ3n) is 3.26. The number of nitrogens with zero attached hydrogens (tertiary/aromatic N) is 3. The van der Waals surface area contributed by atoms with E-state index in [-0.39, 0.29) is 12.8 Å². The van der Waals surface area contributed by atoms with E-state index in [1.807, 2.05) is 4.91 Å². The second-order valence-corrected chi connectivity index (χ2v) is 7.53. The Labute approximate surface area is 151 Å². The molecule has 27 heavy (non-hydrogen) atoms. The number of hydrogen-bond acceptors (Lipinski definition) is 7. The summed E-state index contributed by atoms with van der Waals surface area (Å²) in [6, 6.07) is 0. The molecule has 0 amide bonds. The van der Waals surface area contributed by atoms with E-state index >= 15 is 0 Å². The highest BCUT2D eigenvalue weighted by molar-refractivity contribution is 6.60. The van der Waals surface area contributed by atoms with Crippen molar-refractivity contribution in [2.24, 2.45) is 5.11 Å². The van der Waals surface area contributed by atoms with Crippen LogP contribution in [-0.4, -0.2) is 55.5 Å². The Hall–Kier alpha value is -2.22. The van der Waals surface area contributed by atoms with Crippen molar-refractivity contribution in [2.45, 2.75) is 0 Å². The molecule has 0 fully saturated rings. The van der Waals surface area contributed by atoms with Gasteiger partial charge in [0.1, 0.15) is 24.1 Å². The van der Waals surface area contributed by atoms with E-state index in [2.05, 4.69) is 9.85 Å². The predicted octanol–water partition coefficient (Wildman–Crippen LogP) is 2.78. The molecule has 0 saturated heterocycles. The quantitative estimate of drug-likeness (QED) is 0.0852. The van der Waals surface area contributed by atoms with Gasteiger partial charge in [0.05, 0.1) is 6.61 Å². The number of azide groups is 1. The number of carbonyl (C=O) groups is 1. The first-order chi connectivity index (χ1) is 12.8. The monoisotopic (exact) mass is 413 g/mol. The summed E-state index contributed by atoms with van der Waals surface area (Å²) in [5, 5.41) is 2.51. The maximum absolute atomic E-state index is 13.8. The van der Waals surface area contributed by atoms with Gasteiger partial charge in [-0.3, -0.25) is 0 Å². The van der Waals surface area contributed by atoms with Crippen LogP contribution in [0.15, 0.2) is 5.11 Å². The Balaban J connectivity index is 2.78. The van der Waals surface area contributed by atoms with Gasteiger partial charge in [0.25, 0.3) is 0 Å². The molecule has 0 aromatic heterocycles. The summed E-state index contributed by atoms with van der Waals surface area (Å²) >= 11 is 0. The molecular weight excluding hydrogens is 398 g/mol. The lowest BCUT2D eigenvalue weighted by Crippen LogP contribution is -2.48. The Kier molecular flexibility index (Phi) is 8.62. The van der Waals surface area contributed by atoms with E-state index < -0.39 is 55.9 Å². The molecular formula is C13H15F4N3O6Si. The van der Waals surface area contributed by atoms with Crippen molar-refractivity contribution < 1.29 is 45.1 Å². The van der Waals surface area contributed by atoms with E-state index in [9.17, 15) is 22.4 Å². The SMILES string of the molecule is CO[Si](COCCOC(=O)c1c(F)c(F)c(N=[N+]=[N-])c(F)c1F)(OC)OC. The van der Waals surface area contributed by atoms with Gasteiger partial charge in [-0.25, -0.2) is 22.4 Å². The first-order valence-corrected chi connectivity index (χ1v) is 9.03. The summed E-state index contributed by atoms with van der Waals surface area (Å²) in [4.78, 5) is 13.8. The van der Waals surface area contributed by atoms with Crippen molar-refractivity contribution in [1.82, 2.24) is 0 Å². The van der Waals surface area contributed by atoms with Gasteiger partial charge in [-0.1, -0.05) is 5.11 Å². The minimum Gasteiger partial charge on any atom is -0.459 e. The summed E-state index contributed by atoms with van der Waals surface area (Å²) in [7, 11) is 1.01. The van der Waals surface area contributed by atoms with Crippen molar-refractivity contribution in [2.75, 3.05) is 40.8 Å². The first kappa shape index (κ1) is 22.8. The minimum atomic E-state index is -3.03. The number of esters is 1. The lowest BCUT2D eigenvalue weighted by molar-refractivity contribution is 0.0240. The normalized spacial score (nSPS) is 11.2. The number of rotatable bonds is 10. The molecule has 1 aromatic rings. The molecule has 14 heteroatoms. The Bertz CT molecular complexity index is 706. The topological polar surface area (TPSA) is 112 Å². The summed E-state index contributed by atoms with van der Waals surface area (Å²) in [5.41, 5.74) is 5.02. The number of halogens is 4. The number of hydrogen-bond donors (Lipinski definition) is 0. The van der Waals surface area contributed by atoms with Gasteiger partial charge in [0, 0.05) is 26.2 Å². The van der Waals surface area contributed by atoms with Crippen molar-refractivity contribution in [1.29, 1.82) is 0 Å². The fourth-order valence-corrected chi connectivity index (χ4v) is 3.07. The van der Waals surface area contributed by atoms with Crippen molar-refractivity contribution >= 4 is 20.5 Å². The minimum absolute atomic E-state index is 0.110. The Morgan fingerprint density at radius 3 is 1.96 bits per heavy atom. The number of carbonyl (C=O) groups excluding carboxylic acids is 1. The van der Waals surface area contributed by atoms with Gasteiger partial charge in [-0.05, 0) is 5.53 Å². The summed E-state index contributed by atoms with van der Waals surface area (Å²) in [6.07, 6.45) is -0.110. The van der Waals surface area contributed by atoms with Gasteiger partial charge in [-0.15, -0.1) is 0 Å². The maximum Gasteiger partial charge on any atom is 0.527 e. The molecule has 0 aliphatic carbocycles. The molecule has 0 atom stereocenters. The van der Waals surface area contributed by atoms with Crippen LogP contribution in [0.1, 0.15) is 10.4 Å². The zero-order chi connectivity index (χ0) is 20.6.